The highest BCUT2D eigenvalue weighted by atomic mass is 16.5. The molecule has 1 amide bonds. The Balaban J connectivity index is 1.23. The van der Waals surface area contributed by atoms with Crippen molar-refractivity contribution in [3.63, 3.8) is 0 Å². The van der Waals surface area contributed by atoms with Crippen molar-refractivity contribution in [2.75, 3.05) is 26.2 Å². The smallest absolute Gasteiger partial charge is 0.276 e. The standard InChI is InChI=1S/C27H36N6O2/c1-20-10-13-31(14-11-20)18-24-21(2)35-30-26(24)27(34)32-12-6-9-23(17-32)15-25-29-28-19-33(25)16-22-7-4-3-5-8-22/h3-5,7-8,19-20,23H,6,9-18H2,1-2H3. The number of piperidine rings is 2. The van der Waals surface area contributed by atoms with Gasteiger partial charge in [-0.3, -0.25) is 9.69 Å². The van der Waals surface area contributed by atoms with Crippen LogP contribution >= 0.6 is 0 Å². The van der Waals surface area contributed by atoms with Crippen LogP contribution in [0.3, 0.4) is 0 Å². The Morgan fingerprint density at radius 1 is 1.09 bits per heavy atom. The fraction of sp³-hybridized carbons (Fsp3) is 0.556. The van der Waals surface area contributed by atoms with Gasteiger partial charge in [-0.15, -0.1) is 10.2 Å². The maximum Gasteiger partial charge on any atom is 0.276 e. The van der Waals surface area contributed by atoms with Gasteiger partial charge in [-0.2, -0.15) is 0 Å². The van der Waals surface area contributed by atoms with Crippen LogP contribution in [0.4, 0.5) is 0 Å². The van der Waals surface area contributed by atoms with E-state index in [-0.39, 0.29) is 5.91 Å². The Labute approximate surface area is 207 Å². The lowest BCUT2D eigenvalue weighted by Gasteiger charge is -2.33. The van der Waals surface area contributed by atoms with Crippen molar-refractivity contribution in [1.29, 1.82) is 0 Å². The van der Waals surface area contributed by atoms with Crippen molar-refractivity contribution >= 4 is 5.91 Å². The Kier molecular flexibility index (Phi) is 7.27. The first-order valence-corrected chi connectivity index (χ1v) is 12.9. The van der Waals surface area contributed by atoms with E-state index < -0.39 is 0 Å². The van der Waals surface area contributed by atoms with Crippen LogP contribution in [0.5, 0.6) is 0 Å². The predicted octanol–water partition coefficient (Wildman–Crippen LogP) is 3.95. The second kappa shape index (κ2) is 10.7. The number of hydrogen-bond donors (Lipinski definition) is 0. The Morgan fingerprint density at radius 2 is 1.89 bits per heavy atom. The van der Waals surface area contributed by atoms with Gasteiger partial charge >= 0.3 is 0 Å². The molecule has 2 aliphatic heterocycles. The van der Waals surface area contributed by atoms with Gasteiger partial charge in [-0.25, -0.2) is 0 Å². The maximum atomic E-state index is 13.5. The van der Waals surface area contributed by atoms with Crippen LogP contribution < -0.4 is 0 Å². The monoisotopic (exact) mass is 476 g/mol. The lowest BCUT2D eigenvalue weighted by molar-refractivity contribution is 0.0658. The molecule has 0 radical (unpaired) electrons. The Morgan fingerprint density at radius 3 is 2.69 bits per heavy atom. The summed E-state index contributed by atoms with van der Waals surface area (Å²) in [6.07, 6.45) is 7.10. The second-order valence-electron chi connectivity index (χ2n) is 10.3. The van der Waals surface area contributed by atoms with E-state index >= 15 is 0 Å². The summed E-state index contributed by atoms with van der Waals surface area (Å²) in [5, 5.41) is 12.8. The molecule has 0 bridgehead atoms. The van der Waals surface area contributed by atoms with Gasteiger partial charge in [0.05, 0.1) is 6.54 Å². The molecule has 2 saturated heterocycles. The van der Waals surface area contributed by atoms with Crippen molar-refractivity contribution < 1.29 is 9.32 Å². The van der Waals surface area contributed by atoms with Crippen molar-refractivity contribution in [3.05, 3.63) is 65.1 Å². The van der Waals surface area contributed by atoms with Crippen LogP contribution in [-0.2, 0) is 19.5 Å². The van der Waals surface area contributed by atoms with E-state index in [1.54, 1.807) is 6.33 Å². The molecule has 1 aromatic carbocycles. The number of likely N-dealkylation sites (tertiary alicyclic amines) is 2. The molecule has 1 unspecified atom stereocenters. The average Bonchev–Trinajstić information content (AvgIpc) is 3.47. The van der Waals surface area contributed by atoms with E-state index in [0.717, 1.165) is 75.1 Å². The van der Waals surface area contributed by atoms with Gasteiger partial charge in [0.25, 0.3) is 5.91 Å². The first kappa shape index (κ1) is 23.7. The van der Waals surface area contributed by atoms with E-state index in [2.05, 4.69) is 56.0 Å². The van der Waals surface area contributed by atoms with Crippen LogP contribution in [-0.4, -0.2) is 61.8 Å². The Hall–Kier alpha value is -3.00. The van der Waals surface area contributed by atoms with Crippen LogP contribution in [0.15, 0.2) is 41.2 Å². The quantitative estimate of drug-likeness (QED) is 0.514. The highest BCUT2D eigenvalue weighted by Crippen LogP contribution is 2.25. The van der Waals surface area contributed by atoms with Crippen LogP contribution in [0.1, 0.15) is 65.8 Å². The average molecular weight is 477 g/mol. The zero-order valence-electron chi connectivity index (χ0n) is 20.9. The van der Waals surface area contributed by atoms with Crippen molar-refractivity contribution in [2.45, 2.75) is 59.0 Å². The third-order valence-electron chi connectivity index (χ3n) is 7.61. The number of amides is 1. The fourth-order valence-corrected chi connectivity index (χ4v) is 5.36. The van der Waals surface area contributed by atoms with Crippen LogP contribution in [0.25, 0.3) is 0 Å². The molecule has 5 rings (SSSR count). The molecule has 4 heterocycles. The molecule has 186 valence electrons. The van der Waals surface area contributed by atoms with Gasteiger partial charge in [0, 0.05) is 31.6 Å². The fourth-order valence-electron chi connectivity index (χ4n) is 5.36. The van der Waals surface area contributed by atoms with Crippen molar-refractivity contribution in [1.82, 2.24) is 29.7 Å². The molecule has 0 aliphatic carbocycles. The summed E-state index contributed by atoms with van der Waals surface area (Å²) in [5.41, 5.74) is 2.68. The molecule has 0 N–H and O–H groups in total. The number of rotatable bonds is 7. The van der Waals surface area contributed by atoms with Gasteiger partial charge in [0.2, 0.25) is 0 Å². The molecule has 8 nitrogen and oxygen atoms in total. The molecule has 1 atom stereocenters. The lowest BCUT2D eigenvalue weighted by Crippen LogP contribution is -2.41. The van der Waals surface area contributed by atoms with Gasteiger partial charge in [-0.1, -0.05) is 42.4 Å². The molecule has 8 heteroatoms. The zero-order chi connectivity index (χ0) is 24.2. The molecule has 2 aromatic heterocycles. The summed E-state index contributed by atoms with van der Waals surface area (Å²) >= 11 is 0. The first-order valence-electron chi connectivity index (χ1n) is 12.9. The number of aryl methyl sites for hydroxylation is 1. The maximum absolute atomic E-state index is 13.5. The first-order chi connectivity index (χ1) is 17.1. The van der Waals surface area contributed by atoms with Gasteiger partial charge in [0.15, 0.2) is 5.69 Å². The highest BCUT2D eigenvalue weighted by Gasteiger charge is 2.31. The van der Waals surface area contributed by atoms with Crippen molar-refractivity contribution in [3.8, 4) is 0 Å². The molecular formula is C27H36N6O2. The van der Waals surface area contributed by atoms with Crippen LogP contribution in [0.2, 0.25) is 0 Å². The third-order valence-corrected chi connectivity index (χ3v) is 7.61. The number of carbonyl (C=O) groups excluding carboxylic acids is 1. The number of aromatic nitrogens is 4. The summed E-state index contributed by atoms with van der Waals surface area (Å²) in [4.78, 5) is 17.9. The molecule has 0 saturated carbocycles. The number of hydrogen-bond acceptors (Lipinski definition) is 6. The summed E-state index contributed by atoms with van der Waals surface area (Å²) < 4.78 is 7.63. The number of benzene rings is 1. The molecule has 35 heavy (non-hydrogen) atoms. The summed E-state index contributed by atoms with van der Waals surface area (Å²) in [6, 6.07) is 10.4. The summed E-state index contributed by atoms with van der Waals surface area (Å²) in [6.45, 7) is 9.34. The van der Waals surface area contributed by atoms with Gasteiger partial charge < -0.3 is 14.0 Å². The second-order valence-corrected chi connectivity index (χ2v) is 10.3. The summed E-state index contributed by atoms with van der Waals surface area (Å²) in [5.74, 6) is 2.86. The van der Waals surface area contributed by atoms with E-state index in [1.807, 2.05) is 17.9 Å². The Bertz CT molecular complexity index is 1120. The normalized spacial score (nSPS) is 19.8. The third kappa shape index (κ3) is 5.64. The van der Waals surface area contributed by atoms with E-state index in [1.165, 1.54) is 18.4 Å². The SMILES string of the molecule is Cc1onc(C(=O)N2CCCC(Cc3nncn3Cc3ccccc3)C2)c1CN1CCC(C)CC1. The predicted molar refractivity (Wildman–Crippen MR) is 133 cm³/mol. The minimum Gasteiger partial charge on any atom is -0.361 e. The molecule has 0 spiro atoms. The summed E-state index contributed by atoms with van der Waals surface area (Å²) in [7, 11) is 0. The van der Waals surface area contributed by atoms with E-state index in [0.29, 0.717) is 18.2 Å². The molecular weight excluding hydrogens is 440 g/mol. The van der Waals surface area contributed by atoms with Crippen molar-refractivity contribution in [2.24, 2.45) is 11.8 Å². The number of carbonyl (C=O) groups is 1. The number of nitrogens with zero attached hydrogens (tertiary/aromatic N) is 6. The molecule has 2 aliphatic rings. The zero-order valence-corrected chi connectivity index (χ0v) is 20.9. The minimum absolute atomic E-state index is 0.00215. The lowest BCUT2D eigenvalue weighted by atomic mass is 9.94. The topological polar surface area (TPSA) is 80.3 Å². The minimum atomic E-state index is -0.00215. The largest absolute Gasteiger partial charge is 0.361 e. The van der Waals surface area contributed by atoms with E-state index in [4.69, 9.17) is 4.52 Å². The highest BCUT2D eigenvalue weighted by molar-refractivity contribution is 5.93. The van der Waals surface area contributed by atoms with Gasteiger partial charge in [0.1, 0.15) is 17.9 Å². The molecule has 3 aromatic rings. The van der Waals surface area contributed by atoms with E-state index in [9.17, 15) is 4.79 Å². The van der Waals surface area contributed by atoms with Crippen LogP contribution in [0, 0.1) is 18.8 Å². The van der Waals surface area contributed by atoms with Gasteiger partial charge in [-0.05, 0) is 63.1 Å². The molecule has 2 fully saturated rings.